The molecule has 37 heavy (non-hydrogen) atoms. The maximum atomic E-state index is 15.4. The molecule has 0 aliphatic carbocycles. The third-order valence-electron chi connectivity index (χ3n) is 7.56. The molecule has 1 heterocycles. The van der Waals surface area contributed by atoms with Crippen LogP contribution in [0, 0.1) is 10.5 Å². The summed E-state index contributed by atoms with van der Waals surface area (Å²) >= 11 is 5.60. The maximum absolute atomic E-state index is 15.4. The van der Waals surface area contributed by atoms with Crippen molar-refractivity contribution in [1.29, 1.82) is 0 Å². The van der Waals surface area contributed by atoms with Gasteiger partial charge in [-0.1, -0.05) is 120 Å². The summed E-state index contributed by atoms with van der Waals surface area (Å²) in [6.07, 6.45) is 15.6. The lowest BCUT2D eigenvalue weighted by molar-refractivity contribution is 0.535. The van der Waals surface area contributed by atoms with Crippen LogP contribution >= 0.6 is 12.2 Å². The number of hydrogen-bond acceptors (Lipinski definition) is 2. The van der Waals surface area contributed by atoms with Crippen LogP contribution in [0.15, 0.2) is 59.0 Å². The molecule has 1 aromatic heterocycles. The molecule has 1 nitrogen and oxygen atoms in total. The number of unbranched alkanes of at least 4 members (excludes halogenated alkanes) is 9. The molecule has 0 radical (unpaired) electrons. The van der Waals surface area contributed by atoms with Crippen LogP contribution in [0.5, 0.6) is 0 Å². The van der Waals surface area contributed by atoms with Gasteiger partial charge in [0.25, 0.3) is 0 Å². The zero-order valence-electron chi connectivity index (χ0n) is 22.6. The molecular weight excluding hydrogens is 475 g/mol. The van der Waals surface area contributed by atoms with Gasteiger partial charge in [-0.3, -0.25) is 0 Å². The van der Waals surface area contributed by atoms with Gasteiger partial charge >= 0.3 is 0 Å². The first-order valence-corrected chi connectivity index (χ1v) is 14.8. The fraction of sp³-hybridized carbons (Fsp3) is 0.441. The molecule has 3 heteroatoms. The molecule has 0 aliphatic heterocycles. The highest BCUT2D eigenvalue weighted by Crippen LogP contribution is 2.33. The van der Waals surface area contributed by atoms with Crippen molar-refractivity contribution in [3.8, 4) is 11.1 Å². The highest BCUT2D eigenvalue weighted by molar-refractivity contribution is 7.71. The van der Waals surface area contributed by atoms with Crippen LogP contribution in [0.4, 0.5) is 4.39 Å². The molecule has 196 valence electrons. The van der Waals surface area contributed by atoms with E-state index < -0.39 is 0 Å². The number of hydrogen-bond donors (Lipinski definition) is 0. The second kappa shape index (κ2) is 13.9. The van der Waals surface area contributed by atoms with Gasteiger partial charge in [0.2, 0.25) is 0 Å². The number of fused-ring (bicyclic) bond motifs is 3. The molecule has 0 bridgehead atoms. The van der Waals surface area contributed by atoms with E-state index in [9.17, 15) is 0 Å². The van der Waals surface area contributed by atoms with E-state index in [2.05, 4.69) is 56.3 Å². The van der Waals surface area contributed by atoms with E-state index in [1.165, 1.54) is 63.4 Å². The molecule has 0 saturated heterocycles. The summed E-state index contributed by atoms with van der Waals surface area (Å²) in [5.41, 5.74) is 4.66. The lowest BCUT2D eigenvalue weighted by Crippen LogP contribution is -1.94. The second-order valence-corrected chi connectivity index (χ2v) is 10.8. The van der Waals surface area contributed by atoms with Crippen LogP contribution in [0.3, 0.4) is 0 Å². The average Bonchev–Trinajstić information content (AvgIpc) is 2.92. The Kier molecular flexibility index (Phi) is 10.3. The summed E-state index contributed by atoms with van der Waals surface area (Å²) in [5.74, 6) is -0.258. The van der Waals surface area contributed by atoms with Crippen LogP contribution in [0.25, 0.3) is 32.9 Å². The normalized spacial score (nSPS) is 11.5. The molecule has 0 atom stereocenters. The van der Waals surface area contributed by atoms with Gasteiger partial charge in [0, 0.05) is 10.8 Å². The number of rotatable bonds is 14. The maximum Gasteiger partial charge on any atom is 0.198 e. The summed E-state index contributed by atoms with van der Waals surface area (Å²) in [4.78, 5) is 0. The van der Waals surface area contributed by atoms with Crippen LogP contribution in [-0.2, 0) is 12.8 Å². The van der Waals surface area contributed by atoms with Gasteiger partial charge in [0.1, 0.15) is 0 Å². The van der Waals surface area contributed by atoms with Gasteiger partial charge in [0.05, 0.1) is 0 Å². The summed E-state index contributed by atoms with van der Waals surface area (Å²) in [6.45, 7) is 4.47. The first-order valence-electron chi connectivity index (χ1n) is 14.4. The second-order valence-electron chi connectivity index (χ2n) is 10.4. The van der Waals surface area contributed by atoms with Crippen LogP contribution in [0.2, 0.25) is 0 Å². The molecule has 4 rings (SSSR count). The van der Waals surface area contributed by atoms with Crippen molar-refractivity contribution < 1.29 is 8.81 Å². The first-order chi connectivity index (χ1) is 18.1. The highest BCUT2D eigenvalue weighted by Gasteiger charge is 2.14. The van der Waals surface area contributed by atoms with Gasteiger partial charge in [-0.25, -0.2) is 4.39 Å². The fourth-order valence-corrected chi connectivity index (χ4v) is 5.52. The van der Waals surface area contributed by atoms with Gasteiger partial charge < -0.3 is 4.42 Å². The SMILES string of the molecule is CCCCCCCCc1ccc(-c2ccc3c(c2)c(=S)oc2c(F)c(CCCCCCC)ccc23)cc1. The van der Waals surface area contributed by atoms with E-state index >= 15 is 4.39 Å². The molecule has 0 N–H and O–H groups in total. The predicted octanol–water partition coefficient (Wildman–Crippen LogP) is 11.5. The molecule has 3 aromatic carbocycles. The van der Waals surface area contributed by atoms with Crippen molar-refractivity contribution in [3.05, 3.63) is 76.2 Å². The van der Waals surface area contributed by atoms with E-state index in [-0.39, 0.29) is 11.4 Å². The van der Waals surface area contributed by atoms with Crippen LogP contribution in [-0.4, -0.2) is 0 Å². The monoisotopic (exact) mass is 516 g/mol. The fourth-order valence-electron chi connectivity index (χ4n) is 5.27. The van der Waals surface area contributed by atoms with Crippen LogP contribution in [0.1, 0.15) is 95.6 Å². The molecule has 0 fully saturated rings. The van der Waals surface area contributed by atoms with Crippen molar-refractivity contribution >= 4 is 34.0 Å². The van der Waals surface area contributed by atoms with Crippen molar-refractivity contribution in [2.75, 3.05) is 0 Å². The quantitative estimate of drug-likeness (QED) is 0.0939. The average molecular weight is 517 g/mol. The third-order valence-corrected chi connectivity index (χ3v) is 7.86. The van der Waals surface area contributed by atoms with E-state index in [1.807, 2.05) is 12.1 Å². The van der Waals surface area contributed by atoms with Gasteiger partial charge in [-0.05, 0) is 71.6 Å². The number of aryl methyl sites for hydroxylation is 2. The van der Waals surface area contributed by atoms with E-state index in [0.29, 0.717) is 4.71 Å². The Morgan fingerprint density at radius 3 is 1.92 bits per heavy atom. The standard InChI is InChI=1S/C34H41FOS/c1-3-5-7-9-11-12-14-25-16-18-26(19-17-25)28-21-22-29-30-23-20-27(15-13-10-8-6-4-2)32(35)33(30)36-34(37)31(29)24-28/h16-24H,3-15H2,1-2H3. The number of benzene rings is 3. The minimum atomic E-state index is -0.258. The van der Waals surface area contributed by atoms with Crippen molar-refractivity contribution in [2.24, 2.45) is 0 Å². The van der Waals surface area contributed by atoms with Crippen molar-refractivity contribution in [3.63, 3.8) is 0 Å². The molecule has 0 saturated carbocycles. The summed E-state index contributed by atoms with van der Waals surface area (Å²) < 4.78 is 21.6. The van der Waals surface area contributed by atoms with Crippen molar-refractivity contribution in [1.82, 2.24) is 0 Å². The Balaban J connectivity index is 1.50. The molecule has 4 aromatic rings. The lowest BCUT2D eigenvalue weighted by Gasteiger charge is -2.10. The van der Waals surface area contributed by atoms with E-state index in [1.54, 1.807) is 0 Å². The van der Waals surface area contributed by atoms with Gasteiger partial charge in [0.15, 0.2) is 16.1 Å². The third kappa shape index (κ3) is 7.08. The van der Waals surface area contributed by atoms with Crippen LogP contribution < -0.4 is 0 Å². The predicted molar refractivity (Wildman–Crippen MR) is 159 cm³/mol. The summed E-state index contributed by atoms with van der Waals surface area (Å²) in [5, 5.41) is 2.60. The lowest BCUT2D eigenvalue weighted by atomic mass is 9.97. The molecule has 0 amide bonds. The highest BCUT2D eigenvalue weighted by atomic mass is 32.1. The summed E-state index contributed by atoms with van der Waals surface area (Å²) in [6, 6.07) is 19.0. The number of halogens is 1. The largest absolute Gasteiger partial charge is 0.441 e. The molecular formula is C34H41FOS. The topological polar surface area (TPSA) is 13.1 Å². The minimum absolute atomic E-state index is 0.258. The Hall–Kier alpha value is -2.52. The Morgan fingerprint density at radius 1 is 0.622 bits per heavy atom. The summed E-state index contributed by atoms with van der Waals surface area (Å²) in [7, 11) is 0. The molecule has 0 aliphatic rings. The Labute approximate surface area is 227 Å². The smallest absolute Gasteiger partial charge is 0.198 e. The Bertz CT molecular complexity index is 1350. The zero-order valence-corrected chi connectivity index (χ0v) is 23.4. The minimum Gasteiger partial charge on any atom is -0.441 e. The van der Waals surface area contributed by atoms with Gasteiger partial charge in [-0.15, -0.1) is 0 Å². The van der Waals surface area contributed by atoms with Gasteiger partial charge in [-0.2, -0.15) is 0 Å². The molecule has 0 spiro atoms. The first kappa shape index (κ1) is 27.5. The van der Waals surface area contributed by atoms with E-state index in [4.69, 9.17) is 16.6 Å². The Morgan fingerprint density at radius 2 is 1.22 bits per heavy atom. The zero-order chi connectivity index (χ0) is 26.0. The van der Waals surface area contributed by atoms with Crippen molar-refractivity contribution in [2.45, 2.75) is 97.3 Å². The van der Waals surface area contributed by atoms with E-state index in [0.717, 1.165) is 58.5 Å². The molecule has 0 unspecified atom stereocenters.